The third kappa shape index (κ3) is 5.36. The molecule has 0 saturated carbocycles. The average Bonchev–Trinajstić information content (AvgIpc) is 2.83. The number of aliphatic hydroxyl groups excluding tert-OH is 5. The van der Waals surface area contributed by atoms with Crippen LogP contribution in [0.4, 0.5) is 0 Å². The Kier molecular flexibility index (Phi) is 7.73. The molecule has 1 aliphatic carbocycles. The Balaban J connectivity index is 1.59. The molecule has 9 nitrogen and oxygen atoms in total. The fourth-order valence-corrected chi connectivity index (χ4v) is 4.60. The van der Waals surface area contributed by atoms with Crippen LogP contribution in [0.25, 0.3) is 11.1 Å². The average molecular weight is 477 g/mol. The Morgan fingerprint density at radius 3 is 1.97 bits per heavy atom. The van der Waals surface area contributed by atoms with Crippen LogP contribution in [0.2, 0.25) is 0 Å². The van der Waals surface area contributed by atoms with Crippen LogP contribution < -0.4 is 0 Å². The molecule has 1 fully saturated rings. The van der Waals surface area contributed by atoms with E-state index in [1.54, 1.807) is 36.4 Å². The van der Waals surface area contributed by atoms with Crippen molar-refractivity contribution in [3.63, 3.8) is 0 Å². The molecule has 0 radical (unpaired) electrons. The van der Waals surface area contributed by atoms with Gasteiger partial charge in [0.25, 0.3) is 0 Å². The molecule has 2 aromatic carbocycles. The summed E-state index contributed by atoms with van der Waals surface area (Å²) in [5, 5.41) is 71.4. The van der Waals surface area contributed by atoms with Crippen molar-refractivity contribution in [2.75, 3.05) is 6.61 Å². The van der Waals surface area contributed by atoms with Gasteiger partial charge in [0.1, 0.15) is 35.9 Å². The van der Waals surface area contributed by atoms with E-state index in [1.807, 2.05) is 0 Å². The fraction of sp³-hybridized carbons (Fsp3) is 0.520. The lowest BCUT2D eigenvalue weighted by molar-refractivity contribution is -0.313. The van der Waals surface area contributed by atoms with Crippen molar-refractivity contribution < 1.29 is 45.2 Å². The Morgan fingerprint density at radius 1 is 0.794 bits per heavy atom. The molecule has 4 bridgehead atoms. The van der Waals surface area contributed by atoms with E-state index in [4.69, 9.17) is 9.47 Å². The largest absolute Gasteiger partial charge is 0.507 e. The van der Waals surface area contributed by atoms with Crippen LogP contribution in [0.15, 0.2) is 36.4 Å². The number of hydrogen-bond donors (Lipinski definition) is 7. The number of rotatable bonds is 3. The zero-order valence-corrected chi connectivity index (χ0v) is 18.7. The van der Waals surface area contributed by atoms with E-state index in [-0.39, 0.29) is 17.9 Å². The van der Waals surface area contributed by atoms with Crippen molar-refractivity contribution in [2.24, 2.45) is 0 Å². The smallest absolute Gasteiger partial charge is 0.186 e. The topological polar surface area (TPSA) is 160 Å². The third-order valence-corrected chi connectivity index (χ3v) is 6.64. The molecule has 2 aromatic rings. The van der Waals surface area contributed by atoms with Gasteiger partial charge in [-0.25, -0.2) is 0 Å². The van der Waals surface area contributed by atoms with Gasteiger partial charge in [0.2, 0.25) is 0 Å². The van der Waals surface area contributed by atoms with Gasteiger partial charge in [-0.15, -0.1) is 0 Å². The molecular formula is C25H32O9. The van der Waals surface area contributed by atoms with Crippen molar-refractivity contribution in [3.8, 4) is 22.6 Å². The second-order valence-electron chi connectivity index (χ2n) is 9.13. The second-order valence-corrected chi connectivity index (χ2v) is 9.13. The number of phenolic OH excluding ortho intramolecular Hbond substituents is 2. The van der Waals surface area contributed by atoms with Crippen molar-refractivity contribution >= 4 is 0 Å². The van der Waals surface area contributed by atoms with E-state index in [0.29, 0.717) is 36.8 Å². The van der Waals surface area contributed by atoms with Gasteiger partial charge in [-0.1, -0.05) is 12.1 Å². The number of aryl methyl sites for hydroxylation is 2. The molecule has 0 aromatic heterocycles. The maximum absolute atomic E-state index is 10.7. The summed E-state index contributed by atoms with van der Waals surface area (Å²) in [5.74, 6) is 0.0932. The number of aromatic hydroxyl groups is 2. The predicted molar refractivity (Wildman–Crippen MR) is 121 cm³/mol. The first-order valence-electron chi connectivity index (χ1n) is 11.5. The minimum absolute atomic E-state index is 0.0419. The van der Waals surface area contributed by atoms with Gasteiger partial charge in [0, 0.05) is 11.1 Å². The SMILES string of the molecule is OCC1OC(OC2CCc3ccc(O)c(c3)-c3cc(ccc3O)CCC(O)C2)C(O)C(O)C1O. The summed E-state index contributed by atoms with van der Waals surface area (Å²) in [6.07, 6.45) is -6.09. The molecule has 1 aliphatic heterocycles. The molecule has 34 heavy (non-hydrogen) atoms. The van der Waals surface area contributed by atoms with E-state index in [9.17, 15) is 35.7 Å². The number of hydrogen-bond acceptors (Lipinski definition) is 9. The molecule has 0 amide bonds. The summed E-state index contributed by atoms with van der Waals surface area (Å²) in [5.41, 5.74) is 2.78. The van der Waals surface area contributed by atoms with Crippen LogP contribution in [0.5, 0.6) is 11.5 Å². The van der Waals surface area contributed by atoms with E-state index in [1.165, 1.54) is 0 Å². The summed E-state index contributed by atoms with van der Waals surface area (Å²) in [4.78, 5) is 0. The molecule has 7 N–H and O–H groups in total. The minimum Gasteiger partial charge on any atom is -0.507 e. The monoisotopic (exact) mass is 476 g/mol. The highest BCUT2D eigenvalue weighted by molar-refractivity contribution is 5.76. The highest BCUT2D eigenvalue weighted by atomic mass is 16.7. The molecule has 0 spiro atoms. The van der Waals surface area contributed by atoms with Crippen molar-refractivity contribution in [3.05, 3.63) is 47.5 Å². The van der Waals surface area contributed by atoms with Crippen LogP contribution >= 0.6 is 0 Å². The van der Waals surface area contributed by atoms with E-state index < -0.39 is 49.5 Å². The van der Waals surface area contributed by atoms with Crippen molar-refractivity contribution in [2.45, 2.75) is 75.0 Å². The van der Waals surface area contributed by atoms with Gasteiger partial charge in [0.15, 0.2) is 6.29 Å². The van der Waals surface area contributed by atoms with Crippen LogP contribution in [-0.2, 0) is 22.3 Å². The van der Waals surface area contributed by atoms with Gasteiger partial charge in [0.05, 0.1) is 18.8 Å². The van der Waals surface area contributed by atoms with E-state index in [0.717, 1.165) is 11.1 Å². The molecule has 7 atom stereocenters. The number of phenols is 2. The maximum atomic E-state index is 10.7. The Hall–Kier alpha value is -2.24. The summed E-state index contributed by atoms with van der Waals surface area (Å²) < 4.78 is 11.4. The van der Waals surface area contributed by atoms with Gasteiger partial charge in [-0.2, -0.15) is 0 Å². The molecular weight excluding hydrogens is 444 g/mol. The Labute approximate surface area is 197 Å². The molecule has 2 aliphatic rings. The summed E-state index contributed by atoms with van der Waals surface area (Å²) in [6.45, 7) is -0.556. The molecule has 7 unspecified atom stereocenters. The first-order chi connectivity index (χ1) is 16.3. The Bertz CT molecular complexity index is 979. The number of ether oxygens (including phenoxy) is 2. The van der Waals surface area contributed by atoms with Gasteiger partial charge >= 0.3 is 0 Å². The first kappa shape index (κ1) is 24.9. The molecule has 186 valence electrons. The molecule has 4 rings (SSSR count). The zero-order valence-electron chi connectivity index (χ0n) is 18.7. The maximum Gasteiger partial charge on any atom is 0.186 e. The highest BCUT2D eigenvalue weighted by Crippen LogP contribution is 2.37. The normalized spacial score (nSPS) is 32.3. The first-order valence-corrected chi connectivity index (χ1v) is 11.5. The van der Waals surface area contributed by atoms with Crippen LogP contribution in [0, 0.1) is 0 Å². The molecule has 9 heteroatoms. The molecule has 1 heterocycles. The van der Waals surface area contributed by atoms with E-state index >= 15 is 0 Å². The number of fused-ring (bicyclic) bond motifs is 5. The number of benzene rings is 2. The molecule has 1 saturated heterocycles. The van der Waals surface area contributed by atoms with Crippen LogP contribution in [-0.4, -0.2) is 85.3 Å². The summed E-state index contributed by atoms with van der Waals surface area (Å²) in [7, 11) is 0. The minimum atomic E-state index is -1.55. The van der Waals surface area contributed by atoms with Gasteiger partial charge < -0.3 is 45.2 Å². The van der Waals surface area contributed by atoms with Gasteiger partial charge in [-0.05, 0) is 67.5 Å². The standard InChI is InChI=1S/C25H32O9/c26-12-21-22(30)23(31)24(32)25(34-21)33-16-6-2-14-4-8-20(29)18(10-14)17-9-13(3-7-19(17)28)1-5-15(27)11-16/h3-4,7-10,15-16,21-32H,1-2,5-6,11-12H2. The summed E-state index contributed by atoms with van der Waals surface area (Å²) in [6, 6.07) is 10.3. The van der Waals surface area contributed by atoms with Crippen LogP contribution in [0.1, 0.15) is 30.4 Å². The van der Waals surface area contributed by atoms with E-state index in [2.05, 4.69) is 0 Å². The lowest BCUT2D eigenvalue weighted by Crippen LogP contribution is -2.59. The quantitative estimate of drug-likeness (QED) is 0.336. The fourth-order valence-electron chi connectivity index (χ4n) is 4.60. The van der Waals surface area contributed by atoms with Crippen molar-refractivity contribution in [1.29, 1.82) is 0 Å². The lowest BCUT2D eigenvalue weighted by Gasteiger charge is -2.41. The summed E-state index contributed by atoms with van der Waals surface area (Å²) >= 11 is 0. The van der Waals surface area contributed by atoms with Gasteiger partial charge in [-0.3, -0.25) is 0 Å². The predicted octanol–water partition coefficient (Wildman–Crippen LogP) is 0.580. The Morgan fingerprint density at radius 2 is 1.38 bits per heavy atom. The zero-order chi connectivity index (χ0) is 24.4. The lowest BCUT2D eigenvalue weighted by atomic mass is 9.96. The number of aliphatic hydroxyl groups is 5. The highest BCUT2D eigenvalue weighted by Gasteiger charge is 2.44. The van der Waals surface area contributed by atoms with Crippen LogP contribution in [0.3, 0.4) is 0 Å². The van der Waals surface area contributed by atoms with Crippen molar-refractivity contribution in [1.82, 2.24) is 0 Å². The third-order valence-electron chi connectivity index (χ3n) is 6.64. The second kappa shape index (κ2) is 10.6.